The number of carbonyl (C=O) groups is 2. The van der Waals surface area contributed by atoms with Gasteiger partial charge >= 0.3 is 5.97 Å². The highest BCUT2D eigenvalue weighted by Gasteiger charge is 2.20. The van der Waals surface area contributed by atoms with Crippen LogP contribution < -0.4 is 0 Å². The number of hydrogen-bond acceptors (Lipinski definition) is 3. The predicted molar refractivity (Wildman–Crippen MR) is 71.3 cm³/mol. The van der Waals surface area contributed by atoms with Crippen LogP contribution >= 0.6 is 11.6 Å². The number of ether oxygens (including phenoxy) is 1. The molecule has 0 fully saturated rings. The summed E-state index contributed by atoms with van der Waals surface area (Å²) in [6.07, 6.45) is 5.87. The van der Waals surface area contributed by atoms with Crippen molar-refractivity contribution in [1.29, 1.82) is 0 Å². The van der Waals surface area contributed by atoms with E-state index >= 15 is 0 Å². The average Bonchev–Trinajstić information content (AvgIpc) is 2.29. The Morgan fingerprint density at radius 2 is 2.17 bits per heavy atom. The van der Waals surface area contributed by atoms with E-state index in [-0.39, 0.29) is 18.1 Å². The zero-order valence-electron chi connectivity index (χ0n) is 10.9. The van der Waals surface area contributed by atoms with Crippen LogP contribution in [-0.2, 0) is 14.3 Å². The normalized spacial score (nSPS) is 26.1. The van der Waals surface area contributed by atoms with Crippen LogP contribution in [0.25, 0.3) is 0 Å². The van der Waals surface area contributed by atoms with Crippen molar-refractivity contribution in [2.75, 3.05) is 6.61 Å². The lowest BCUT2D eigenvalue weighted by Crippen LogP contribution is -2.17. The maximum atomic E-state index is 12.0. The summed E-state index contributed by atoms with van der Waals surface area (Å²) in [7, 11) is 0. The van der Waals surface area contributed by atoms with Crippen molar-refractivity contribution in [3.63, 3.8) is 0 Å². The van der Waals surface area contributed by atoms with Gasteiger partial charge in [0.1, 0.15) is 6.42 Å². The summed E-state index contributed by atoms with van der Waals surface area (Å²) in [4.78, 5) is 23.3. The van der Waals surface area contributed by atoms with Crippen LogP contribution in [0.3, 0.4) is 0 Å². The first-order valence-electron chi connectivity index (χ1n) is 6.28. The smallest absolute Gasteiger partial charge is 0.313 e. The number of rotatable bonds is 4. The van der Waals surface area contributed by atoms with Gasteiger partial charge in [0.15, 0.2) is 5.78 Å². The molecule has 0 saturated heterocycles. The van der Waals surface area contributed by atoms with E-state index < -0.39 is 5.97 Å². The van der Waals surface area contributed by atoms with Crippen LogP contribution in [0.15, 0.2) is 22.8 Å². The molecule has 1 aliphatic carbocycles. The molecule has 0 aromatic heterocycles. The van der Waals surface area contributed by atoms with Crippen molar-refractivity contribution in [3.8, 4) is 0 Å². The first kappa shape index (κ1) is 15.0. The third-order valence-corrected chi connectivity index (χ3v) is 3.30. The summed E-state index contributed by atoms with van der Waals surface area (Å²) in [5.41, 5.74) is 0.725. The SMILES string of the molecule is CCOC(=O)CC(=O)/C1=C/C/C=C(/Cl)CCC1C. The van der Waals surface area contributed by atoms with E-state index in [1.165, 1.54) is 0 Å². The summed E-state index contributed by atoms with van der Waals surface area (Å²) in [5.74, 6) is -0.451. The summed E-state index contributed by atoms with van der Waals surface area (Å²) in [6.45, 7) is 4.02. The fourth-order valence-electron chi connectivity index (χ4n) is 1.96. The highest BCUT2D eigenvalue weighted by atomic mass is 35.5. The van der Waals surface area contributed by atoms with Gasteiger partial charge in [0.05, 0.1) is 6.61 Å². The van der Waals surface area contributed by atoms with Crippen LogP contribution in [0.2, 0.25) is 0 Å². The molecule has 1 atom stereocenters. The van der Waals surface area contributed by atoms with Crippen molar-refractivity contribution >= 4 is 23.4 Å². The molecule has 1 unspecified atom stereocenters. The third-order valence-electron chi connectivity index (χ3n) is 2.96. The Labute approximate surface area is 113 Å². The zero-order valence-corrected chi connectivity index (χ0v) is 11.6. The molecule has 1 aliphatic rings. The van der Waals surface area contributed by atoms with Crippen molar-refractivity contribution in [3.05, 3.63) is 22.8 Å². The quantitative estimate of drug-likeness (QED) is 0.581. The number of halogens is 1. The number of ketones is 1. The molecule has 4 heteroatoms. The maximum Gasteiger partial charge on any atom is 0.313 e. The van der Waals surface area contributed by atoms with Gasteiger partial charge in [-0.05, 0) is 37.7 Å². The van der Waals surface area contributed by atoms with E-state index in [4.69, 9.17) is 16.3 Å². The number of esters is 1. The minimum absolute atomic E-state index is 0.132. The van der Waals surface area contributed by atoms with Gasteiger partial charge in [-0.2, -0.15) is 0 Å². The molecule has 0 aromatic rings. The maximum absolute atomic E-state index is 12.0. The van der Waals surface area contributed by atoms with Crippen LogP contribution in [0.4, 0.5) is 0 Å². The standard InChI is InChI=1S/C14H19ClO3/c1-3-18-14(17)9-13(16)12-6-4-5-11(15)8-7-10(12)2/h5-6,10H,3-4,7-9H2,1-2H3/b11-5+,12-6+. The Morgan fingerprint density at radius 3 is 2.83 bits per heavy atom. The van der Waals surface area contributed by atoms with E-state index in [2.05, 4.69) is 0 Å². The number of carbonyl (C=O) groups excluding carboxylic acids is 2. The minimum Gasteiger partial charge on any atom is -0.466 e. The van der Waals surface area contributed by atoms with Gasteiger partial charge < -0.3 is 4.74 Å². The van der Waals surface area contributed by atoms with Crippen LogP contribution in [-0.4, -0.2) is 18.4 Å². The summed E-state index contributed by atoms with van der Waals surface area (Å²) < 4.78 is 4.79. The molecule has 18 heavy (non-hydrogen) atoms. The zero-order chi connectivity index (χ0) is 13.5. The molecule has 0 radical (unpaired) electrons. The Morgan fingerprint density at radius 1 is 1.44 bits per heavy atom. The van der Waals surface area contributed by atoms with Gasteiger partial charge in [-0.25, -0.2) is 0 Å². The topological polar surface area (TPSA) is 43.4 Å². The van der Waals surface area contributed by atoms with Gasteiger partial charge in [0.2, 0.25) is 0 Å². The second-order valence-corrected chi connectivity index (χ2v) is 4.88. The molecule has 0 aliphatic heterocycles. The van der Waals surface area contributed by atoms with Gasteiger partial charge in [0.25, 0.3) is 0 Å². The van der Waals surface area contributed by atoms with E-state index in [0.717, 1.165) is 23.4 Å². The van der Waals surface area contributed by atoms with E-state index in [1.54, 1.807) is 6.92 Å². The molecule has 0 N–H and O–H groups in total. The molecule has 0 heterocycles. The monoisotopic (exact) mass is 270 g/mol. The molecular formula is C14H19ClO3. The first-order valence-corrected chi connectivity index (χ1v) is 6.65. The van der Waals surface area contributed by atoms with Crippen molar-refractivity contribution in [2.45, 2.75) is 39.5 Å². The molecular weight excluding hydrogens is 252 g/mol. The molecule has 0 spiro atoms. The highest BCUT2D eigenvalue weighted by Crippen LogP contribution is 2.26. The van der Waals surface area contributed by atoms with Crippen molar-refractivity contribution in [1.82, 2.24) is 0 Å². The number of allylic oxidation sites excluding steroid dienone is 4. The highest BCUT2D eigenvalue weighted by molar-refractivity contribution is 6.29. The third kappa shape index (κ3) is 4.65. The van der Waals surface area contributed by atoms with Crippen LogP contribution in [0, 0.1) is 5.92 Å². The van der Waals surface area contributed by atoms with E-state index in [9.17, 15) is 9.59 Å². The molecule has 0 saturated carbocycles. The molecule has 100 valence electrons. The van der Waals surface area contributed by atoms with Crippen LogP contribution in [0.1, 0.15) is 39.5 Å². The minimum atomic E-state index is -0.453. The van der Waals surface area contributed by atoms with E-state index in [1.807, 2.05) is 19.1 Å². The van der Waals surface area contributed by atoms with Crippen molar-refractivity contribution in [2.24, 2.45) is 5.92 Å². The molecule has 3 nitrogen and oxygen atoms in total. The predicted octanol–water partition coefficient (Wildman–Crippen LogP) is 3.38. The largest absolute Gasteiger partial charge is 0.466 e. The first-order chi connectivity index (χ1) is 8.54. The van der Waals surface area contributed by atoms with E-state index in [0.29, 0.717) is 13.0 Å². The molecule has 1 rings (SSSR count). The average molecular weight is 271 g/mol. The molecule has 0 amide bonds. The summed E-state index contributed by atoms with van der Waals surface area (Å²) in [5, 5.41) is 0.843. The Bertz CT molecular complexity index is 383. The fourth-order valence-corrected chi connectivity index (χ4v) is 2.16. The molecule has 0 aromatic carbocycles. The Kier molecular flexibility index (Phi) is 6.13. The lowest BCUT2D eigenvalue weighted by Gasteiger charge is -2.16. The Balaban J connectivity index is 2.70. The second-order valence-electron chi connectivity index (χ2n) is 4.39. The summed E-state index contributed by atoms with van der Waals surface area (Å²) >= 11 is 5.98. The number of hydrogen-bond donors (Lipinski definition) is 0. The van der Waals surface area contributed by atoms with Gasteiger partial charge in [-0.3, -0.25) is 9.59 Å². The second kappa shape index (κ2) is 7.37. The fraction of sp³-hybridized carbons (Fsp3) is 0.571. The van der Waals surface area contributed by atoms with Gasteiger partial charge in [-0.1, -0.05) is 30.7 Å². The van der Waals surface area contributed by atoms with Gasteiger partial charge in [-0.15, -0.1) is 0 Å². The molecule has 0 bridgehead atoms. The number of Topliss-reactive ketones (excluding diaryl/α,β-unsaturated/α-hetero) is 1. The van der Waals surface area contributed by atoms with Gasteiger partial charge in [0, 0.05) is 5.03 Å². The Hall–Kier alpha value is -1.09. The van der Waals surface area contributed by atoms with Crippen LogP contribution in [0.5, 0.6) is 0 Å². The van der Waals surface area contributed by atoms with Crippen molar-refractivity contribution < 1.29 is 14.3 Å². The lowest BCUT2D eigenvalue weighted by molar-refractivity contribution is -0.145. The summed E-state index contributed by atoms with van der Waals surface area (Å²) in [6, 6.07) is 0. The lowest BCUT2D eigenvalue weighted by atomic mass is 9.89.